The van der Waals surface area contributed by atoms with Gasteiger partial charge in [0.2, 0.25) is 0 Å². The van der Waals surface area contributed by atoms with Gasteiger partial charge in [0.05, 0.1) is 11.1 Å². The lowest BCUT2D eigenvalue weighted by Gasteiger charge is -2.04. The number of nitrogens with one attached hydrogen (secondary N) is 1. The fraction of sp³-hybridized carbons (Fsp3) is 0.100. The van der Waals surface area contributed by atoms with Crippen molar-refractivity contribution in [3.8, 4) is 11.5 Å². The van der Waals surface area contributed by atoms with Crippen molar-refractivity contribution in [2.75, 3.05) is 0 Å². The first kappa shape index (κ1) is 16.5. The van der Waals surface area contributed by atoms with E-state index in [0.717, 1.165) is 10.9 Å². The van der Waals surface area contributed by atoms with Crippen LogP contribution in [0.3, 0.4) is 0 Å². The standard InChI is InChI=1S/C20H14ClFN2O2/c21-15-5-3-6-16(22)13(15)8-9-18(25)12-10-19(26-11-12)20-14-4-1-2-7-17(14)23-24-20/h1-7,10-11H,8-9H2,(H,23,24). The van der Waals surface area contributed by atoms with Crippen LogP contribution in [0.2, 0.25) is 5.02 Å². The van der Waals surface area contributed by atoms with Gasteiger partial charge in [-0.05, 0) is 30.7 Å². The lowest BCUT2D eigenvalue weighted by molar-refractivity contribution is 0.0982. The highest BCUT2D eigenvalue weighted by molar-refractivity contribution is 6.31. The van der Waals surface area contributed by atoms with Crippen LogP contribution in [-0.2, 0) is 6.42 Å². The minimum Gasteiger partial charge on any atom is -0.462 e. The van der Waals surface area contributed by atoms with Crippen LogP contribution in [0.25, 0.3) is 22.4 Å². The normalized spacial score (nSPS) is 11.2. The molecule has 0 fully saturated rings. The van der Waals surface area contributed by atoms with E-state index in [0.29, 0.717) is 27.6 Å². The molecule has 4 aromatic rings. The highest BCUT2D eigenvalue weighted by Crippen LogP contribution is 2.28. The summed E-state index contributed by atoms with van der Waals surface area (Å²) < 4.78 is 19.3. The maximum atomic E-state index is 13.8. The number of H-pyrrole nitrogens is 1. The first-order chi connectivity index (χ1) is 12.6. The Balaban J connectivity index is 1.53. The van der Waals surface area contributed by atoms with Crippen LogP contribution < -0.4 is 0 Å². The molecule has 0 spiro atoms. The minimum absolute atomic E-state index is 0.140. The number of halogens is 2. The molecule has 4 rings (SSSR count). The van der Waals surface area contributed by atoms with Crippen molar-refractivity contribution in [1.82, 2.24) is 10.2 Å². The number of aromatic amines is 1. The van der Waals surface area contributed by atoms with Gasteiger partial charge >= 0.3 is 0 Å². The van der Waals surface area contributed by atoms with Crippen molar-refractivity contribution in [1.29, 1.82) is 0 Å². The van der Waals surface area contributed by atoms with E-state index in [2.05, 4.69) is 10.2 Å². The average molecular weight is 369 g/mol. The van der Waals surface area contributed by atoms with Gasteiger partial charge in [-0.1, -0.05) is 35.9 Å². The molecule has 0 saturated heterocycles. The molecule has 2 aromatic carbocycles. The topological polar surface area (TPSA) is 58.9 Å². The summed E-state index contributed by atoms with van der Waals surface area (Å²) in [6.45, 7) is 0. The second-order valence-corrected chi connectivity index (χ2v) is 6.35. The Morgan fingerprint density at radius 2 is 2.04 bits per heavy atom. The summed E-state index contributed by atoms with van der Waals surface area (Å²) in [4.78, 5) is 12.4. The molecule has 130 valence electrons. The molecule has 6 heteroatoms. The highest BCUT2D eigenvalue weighted by atomic mass is 35.5. The molecule has 2 aromatic heterocycles. The van der Waals surface area contributed by atoms with Gasteiger partial charge in [0, 0.05) is 22.4 Å². The van der Waals surface area contributed by atoms with E-state index in [1.807, 2.05) is 24.3 Å². The number of rotatable bonds is 5. The summed E-state index contributed by atoms with van der Waals surface area (Å²) in [5.74, 6) is -0.0324. The largest absolute Gasteiger partial charge is 0.462 e. The quantitative estimate of drug-likeness (QED) is 0.478. The van der Waals surface area contributed by atoms with Crippen molar-refractivity contribution >= 4 is 28.3 Å². The van der Waals surface area contributed by atoms with Gasteiger partial charge in [0.1, 0.15) is 17.8 Å². The molecule has 0 radical (unpaired) electrons. The summed E-state index contributed by atoms with van der Waals surface area (Å²) in [7, 11) is 0. The van der Waals surface area contributed by atoms with E-state index in [4.69, 9.17) is 16.0 Å². The predicted molar refractivity (Wildman–Crippen MR) is 97.9 cm³/mol. The summed E-state index contributed by atoms with van der Waals surface area (Å²) in [6, 6.07) is 13.8. The Kier molecular flexibility index (Phi) is 4.31. The van der Waals surface area contributed by atoms with Crippen LogP contribution in [-0.4, -0.2) is 16.0 Å². The Morgan fingerprint density at radius 1 is 1.19 bits per heavy atom. The first-order valence-corrected chi connectivity index (χ1v) is 8.49. The SMILES string of the molecule is O=C(CCc1c(F)cccc1Cl)c1coc(-c2n[nH]c3ccccc23)c1. The molecule has 1 N–H and O–H groups in total. The molecule has 0 atom stereocenters. The van der Waals surface area contributed by atoms with Gasteiger partial charge < -0.3 is 4.42 Å². The van der Waals surface area contributed by atoms with Crippen LogP contribution in [0.4, 0.5) is 4.39 Å². The Labute approximate surface area is 153 Å². The number of para-hydroxylation sites is 1. The monoisotopic (exact) mass is 368 g/mol. The third-order valence-corrected chi connectivity index (χ3v) is 4.64. The van der Waals surface area contributed by atoms with E-state index in [1.165, 1.54) is 12.3 Å². The van der Waals surface area contributed by atoms with Crippen LogP contribution in [0.1, 0.15) is 22.3 Å². The summed E-state index contributed by atoms with van der Waals surface area (Å²) >= 11 is 6.00. The van der Waals surface area contributed by atoms with E-state index in [-0.39, 0.29) is 18.6 Å². The second kappa shape index (κ2) is 6.77. The third-order valence-electron chi connectivity index (χ3n) is 4.29. The molecule has 0 aliphatic rings. The molecule has 26 heavy (non-hydrogen) atoms. The van der Waals surface area contributed by atoms with Crippen LogP contribution in [0.5, 0.6) is 0 Å². The number of aromatic nitrogens is 2. The number of carbonyl (C=O) groups excluding carboxylic acids is 1. The molecular formula is C20H14ClFN2O2. The number of hydrogen-bond acceptors (Lipinski definition) is 3. The lowest BCUT2D eigenvalue weighted by Crippen LogP contribution is -2.01. The number of ketones is 1. The van der Waals surface area contributed by atoms with E-state index in [1.54, 1.807) is 18.2 Å². The van der Waals surface area contributed by atoms with Crippen molar-refractivity contribution < 1.29 is 13.6 Å². The van der Waals surface area contributed by atoms with Crippen LogP contribution in [0, 0.1) is 5.82 Å². The summed E-state index contributed by atoms with van der Waals surface area (Å²) in [5.41, 5.74) is 2.32. The Bertz CT molecular complexity index is 1080. The van der Waals surface area contributed by atoms with Crippen molar-refractivity contribution in [2.45, 2.75) is 12.8 Å². The van der Waals surface area contributed by atoms with E-state index in [9.17, 15) is 9.18 Å². The molecule has 0 unspecified atom stereocenters. The minimum atomic E-state index is -0.402. The Morgan fingerprint density at radius 3 is 2.88 bits per heavy atom. The predicted octanol–water partition coefficient (Wildman–Crippen LogP) is 5.43. The molecule has 0 saturated carbocycles. The smallest absolute Gasteiger partial charge is 0.166 e. The molecule has 0 aliphatic heterocycles. The number of Topliss-reactive ketones (excluding diaryl/α,β-unsaturated/α-hetero) is 1. The number of hydrogen-bond donors (Lipinski definition) is 1. The molecule has 0 aliphatic carbocycles. The van der Waals surface area contributed by atoms with E-state index >= 15 is 0 Å². The Hall–Kier alpha value is -2.92. The second-order valence-electron chi connectivity index (χ2n) is 5.94. The number of nitrogens with zero attached hydrogens (tertiary/aromatic N) is 1. The van der Waals surface area contributed by atoms with Gasteiger partial charge in [-0.15, -0.1) is 0 Å². The van der Waals surface area contributed by atoms with Crippen LogP contribution in [0.15, 0.2) is 59.2 Å². The van der Waals surface area contributed by atoms with Crippen molar-refractivity contribution in [3.05, 3.63) is 76.8 Å². The molecular weight excluding hydrogens is 355 g/mol. The zero-order valence-corrected chi connectivity index (χ0v) is 14.4. The van der Waals surface area contributed by atoms with Gasteiger partial charge in [-0.3, -0.25) is 9.89 Å². The molecule has 0 bridgehead atoms. The van der Waals surface area contributed by atoms with Gasteiger partial charge in [-0.25, -0.2) is 4.39 Å². The average Bonchev–Trinajstić information content (AvgIpc) is 3.28. The zero-order chi connectivity index (χ0) is 18.1. The molecule has 2 heterocycles. The zero-order valence-electron chi connectivity index (χ0n) is 13.6. The molecule has 4 nitrogen and oxygen atoms in total. The lowest BCUT2D eigenvalue weighted by atomic mass is 10.0. The summed E-state index contributed by atoms with van der Waals surface area (Å²) in [6.07, 6.45) is 1.78. The molecule has 0 amide bonds. The number of carbonyl (C=O) groups is 1. The number of furan rings is 1. The van der Waals surface area contributed by atoms with Crippen molar-refractivity contribution in [2.24, 2.45) is 0 Å². The number of fused-ring (bicyclic) bond motifs is 1. The van der Waals surface area contributed by atoms with Gasteiger partial charge in [0.25, 0.3) is 0 Å². The maximum Gasteiger partial charge on any atom is 0.166 e. The summed E-state index contributed by atoms with van der Waals surface area (Å²) in [5, 5.41) is 8.43. The van der Waals surface area contributed by atoms with E-state index < -0.39 is 5.82 Å². The maximum absolute atomic E-state index is 13.8. The third kappa shape index (κ3) is 3.02. The fourth-order valence-corrected chi connectivity index (χ4v) is 3.17. The first-order valence-electron chi connectivity index (χ1n) is 8.11. The fourth-order valence-electron chi connectivity index (χ4n) is 2.91. The number of benzene rings is 2. The van der Waals surface area contributed by atoms with Crippen LogP contribution >= 0.6 is 11.6 Å². The van der Waals surface area contributed by atoms with Gasteiger partial charge in [-0.2, -0.15) is 5.10 Å². The van der Waals surface area contributed by atoms with Crippen molar-refractivity contribution in [3.63, 3.8) is 0 Å². The van der Waals surface area contributed by atoms with Gasteiger partial charge in [0.15, 0.2) is 11.5 Å². The highest BCUT2D eigenvalue weighted by Gasteiger charge is 2.16.